The molecule has 0 N–H and O–H groups in total. The minimum atomic E-state index is -0.442. The smallest absolute Gasteiger partial charge is 0.0622 e. The van der Waals surface area contributed by atoms with Gasteiger partial charge >= 0.3 is 0 Å². The molecule has 0 amide bonds. The summed E-state index contributed by atoms with van der Waals surface area (Å²) in [5, 5.41) is 5.25. The first-order valence-electron chi connectivity index (χ1n) is 13.6. The van der Waals surface area contributed by atoms with Gasteiger partial charge in [-0.15, -0.1) is 0 Å². The Hall–Kier alpha value is -4.94. The largest absolute Gasteiger partial charge is 0.0713 e. The van der Waals surface area contributed by atoms with Crippen LogP contribution in [0.15, 0.2) is 158 Å². The molecule has 0 heterocycles. The van der Waals surface area contributed by atoms with Gasteiger partial charge in [0.15, 0.2) is 0 Å². The zero-order chi connectivity index (χ0) is 25.8. The molecular weight excluding hydrogens is 468 g/mol. The summed E-state index contributed by atoms with van der Waals surface area (Å²) in [5.74, 6) is 0. The van der Waals surface area contributed by atoms with Crippen LogP contribution in [0.4, 0.5) is 0 Å². The Morgan fingerprint density at radius 1 is 0.333 bits per heavy atom. The summed E-state index contributed by atoms with van der Waals surface area (Å²) in [6.45, 7) is 0. The molecule has 39 heavy (non-hydrogen) atoms. The van der Waals surface area contributed by atoms with E-state index >= 15 is 0 Å². The Morgan fingerprint density at radius 3 is 1.49 bits per heavy atom. The van der Waals surface area contributed by atoms with Crippen LogP contribution in [0.5, 0.6) is 0 Å². The van der Waals surface area contributed by atoms with E-state index in [1.165, 1.54) is 66.1 Å². The zero-order valence-corrected chi connectivity index (χ0v) is 21.5. The van der Waals surface area contributed by atoms with Crippen LogP contribution in [0.1, 0.15) is 22.3 Å². The van der Waals surface area contributed by atoms with Crippen LogP contribution >= 0.6 is 0 Å². The standard InChI is InChI=1S/C39H26/c1-4-15-27(16-5-1)36-30-21-10-11-22-31(30)37-32-23-12-13-25-34(32)39(28-17-6-2-7-18-28,29-19-8-3-9-20-29)35-26-14-24-33(36)38(35)37/h1-26H. The first-order valence-corrected chi connectivity index (χ1v) is 13.6. The molecule has 182 valence electrons. The monoisotopic (exact) mass is 494 g/mol. The molecule has 0 atom stereocenters. The summed E-state index contributed by atoms with van der Waals surface area (Å²) in [6, 6.07) is 58.0. The third-order valence-corrected chi connectivity index (χ3v) is 8.53. The van der Waals surface area contributed by atoms with E-state index in [1.54, 1.807) is 0 Å². The fraction of sp³-hybridized carbons (Fsp3) is 0.0256. The maximum atomic E-state index is 2.37. The molecule has 0 unspecified atom stereocenters. The van der Waals surface area contributed by atoms with Crippen LogP contribution < -0.4 is 0 Å². The van der Waals surface area contributed by atoms with Crippen LogP contribution in [0.25, 0.3) is 43.8 Å². The van der Waals surface area contributed by atoms with Crippen molar-refractivity contribution in [3.63, 3.8) is 0 Å². The van der Waals surface area contributed by atoms with Crippen LogP contribution in [-0.4, -0.2) is 0 Å². The number of hydrogen-bond acceptors (Lipinski definition) is 0. The van der Waals surface area contributed by atoms with Crippen molar-refractivity contribution in [3.05, 3.63) is 180 Å². The van der Waals surface area contributed by atoms with Crippen LogP contribution in [-0.2, 0) is 5.41 Å². The number of fused-ring (bicyclic) bond motifs is 4. The lowest BCUT2D eigenvalue weighted by atomic mass is 9.59. The molecule has 1 aliphatic carbocycles. The van der Waals surface area contributed by atoms with Crippen LogP contribution in [0, 0.1) is 0 Å². The van der Waals surface area contributed by atoms with Crippen molar-refractivity contribution in [3.8, 4) is 22.3 Å². The third kappa shape index (κ3) is 3.00. The Balaban J connectivity index is 1.67. The van der Waals surface area contributed by atoms with Crippen molar-refractivity contribution in [2.75, 3.05) is 0 Å². The van der Waals surface area contributed by atoms with E-state index in [-0.39, 0.29) is 0 Å². The second-order valence-electron chi connectivity index (χ2n) is 10.4. The highest BCUT2D eigenvalue weighted by atomic mass is 14.5. The van der Waals surface area contributed by atoms with Gasteiger partial charge in [0.1, 0.15) is 0 Å². The Kier molecular flexibility index (Phi) is 4.84. The third-order valence-electron chi connectivity index (χ3n) is 8.53. The van der Waals surface area contributed by atoms with Gasteiger partial charge in [-0.25, -0.2) is 0 Å². The SMILES string of the molecule is c1ccc(-c2c3ccccc3c3c4c(cccc24)C(c2ccccc2)(c2ccccc2)c2ccccc2-3)cc1. The second-order valence-corrected chi connectivity index (χ2v) is 10.4. The molecule has 0 radical (unpaired) electrons. The highest BCUT2D eigenvalue weighted by Crippen LogP contribution is 2.58. The maximum Gasteiger partial charge on any atom is 0.0713 e. The first-order chi connectivity index (χ1) is 19.4. The summed E-state index contributed by atoms with van der Waals surface area (Å²) in [6.07, 6.45) is 0. The van der Waals surface area contributed by atoms with Crippen molar-refractivity contribution in [2.45, 2.75) is 5.41 Å². The van der Waals surface area contributed by atoms with Gasteiger partial charge in [-0.3, -0.25) is 0 Å². The van der Waals surface area contributed by atoms with Gasteiger partial charge in [0.05, 0.1) is 5.41 Å². The molecule has 0 aromatic heterocycles. The highest BCUT2D eigenvalue weighted by molar-refractivity contribution is 6.24. The molecule has 0 spiro atoms. The van der Waals surface area contributed by atoms with E-state index in [9.17, 15) is 0 Å². The van der Waals surface area contributed by atoms with Crippen molar-refractivity contribution in [1.29, 1.82) is 0 Å². The van der Waals surface area contributed by atoms with Gasteiger partial charge in [0, 0.05) is 0 Å². The zero-order valence-electron chi connectivity index (χ0n) is 21.5. The maximum absolute atomic E-state index is 2.37. The van der Waals surface area contributed by atoms with Crippen molar-refractivity contribution in [1.82, 2.24) is 0 Å². The molecule has 7 aromatic rings. The molecule has 0 aliphatic heterocycles. The molecule has 8 rings (SSSR count). The van der Waals surface area contributed by atoms with Gasteiger partial charge < -0.3 is 0 Å². The Bertz CT molecular complexity index is 1940. The number of benzene rings is 7. The van der Waals surface area contributed by atoms with E-state index in [0.717, 1.165) is 0 Å². The van der Waals surface area contributed by atoms with E-state index < -0.39 is 5.41 Å². The van der Waals surface area contributed by atoms with Crippen molar-refractivity contribution in [2.24, 2.45) is 0 Å². The van der Waals surface area contributed by atoms with Crippen molar-refractivity contribution < 1.29 is 0 Å². The topological polar surface area (TPSA) is 0 Å². The molecule has 0 saturated carbocycles. The Morgan fingerprint density at radius 2 is 0.821 bits per heavy atom. The molecule has 0 bridgehead atoms. The van der Waals surface area contributed by atoms with Crippen molar-refractivity contribution >= 4 is 21.5 Å². The summed E-state index contributed by atoms with van der Waals surface area (Å²) in [4.78, 5) is 0. The van der Waals surface area contributed by atoms with Gasteiger partial charge in [-0.05, 0) is 66.1 Å². The quantitative estimate of drug-likeness (QED) is 0.214. The van der Waals surface area contributed by atoms with Gasteiger partial charge in [0.2, 0.25) is 0 Å². The summed E-state index contributed by atoms with van der Waals surface area (Å²) in [5.41, 5.74) is 10.0. The second kappa shape index (κ2) is 8.55. The van der Waals surface area contributed by atoms with E-state index in [4.69, 9.17) is 0 Å². The molecule has 0 heteroatoms. The average Bonchev–Trinajstić information content (AvgIpc) is 3.02. The lowest BCUT2D eigenvalue weighted by molar-refractivity contribution is 0.750. The normalized spacial score (nSPS) is 13.3. The van der Waals surface area contributed by atoms with E-state index in [1.807, 2.05) is 0 Å². The highest BCUT2D eigenvalue weighted by Gasteiger charge is 2.44. The lowest BCUT2D eigenvalue weighted by Crippen LogP contribution is -2.33. The minimum Gasteiger partial charge on any atom is -0.0622 e. The molecule has 0 saturated heterocycles. The number of hydrogen-bond donors (Lipinski definition) is 0. The molecular formula is C39H26. The fourth-order valence-electron chi connectivity index (χ4n) is 7.08. The fourth-order valence-corrected chi connectivity index (χ4v) is 7.08. The number of rotatable bonds is 3. The molecule has 0 fully saturated rings. The van der Waals surface area contributed by atoms with Gasteiger partial charge in [0.25, 0.3) is 0 Å². The minimum absolute atomic E-state index is 0.442. The molecule has 1 aliphatic rings. The van der Waals surface area contributed by atoms with Gasteiger partial charge in [-0.2, -0.15) is 0 Å². The average molecular weight is 495 g/mol. The summed E-state index contributed by atoms with van der Waals surface area (Å²) < 4.78 is 0. The van der Waals surface area contributed by atoms with Crippen LogP contribution in [0.3, 0.4) is 0 Å². The summed E-state index contributed by atoms with van der Waals surface area (Å²) in [7, 11) is 0. The summed E-state index contributed by atoms with van der Waals surface area (Å²) >= 11 is 0. The van der Waals surface area contributed by atoms with E-state index in [0.29, 0.717) is 0 Å². The predicted octanol–water partition coefficient (Wildman–Crippen LogP) is 10.0. The van der Waals surface area contributed by atoms with E-state index in [2.05, 4.69) is 158 Å². The molecule has 7 aromatic carbocycles. The lowest BCUT2D eigenvalue weighted by Gasteiger charge is -2.42. The molecule has 0 nitrogen and oxygen atoms in total. The Labute approximate surface area is 228 Å². The van der Waals surface area contributed by atoms with Crippen LogP contribution in [0.2, 0.25) is 0 Å². The van der Waals surface area contributed by atoms with Gasteiger partial charge in [-0.1, -0.05) is 158 Å². The predicted molar refractivity (Wildman–Crippen MR) is 164 cm³/mol. The first kappa shape index (κ1) is 22.1.